The standard InChI is InChI=1S/C20H24N4O2S/c1-12(2)16-10-17-14(9-19(25)26-18(17)8-13(16)3)11-27-20-21-22-23-24(20)15-6-4-5-7-15/h8-10,12,15H,4-7,11H2,1-3H3. The van der Waals surface area contributed by atoms with Crippen molar-refractivity contribution in [1.29, 1.82) is 0 Å². The van der Waals surface area contributed by atoms with Gasteiger partial charge < -0.3 is 4.42 Å². The van der Waals surface area contributed by atoms with Gasteiger partial charge in [0.15, 0.2) is 0 Å². The summed E-state index contributed by atoms with van der Waals surface area (Å²) in [7, 11) is 0. The van der Waals surface area contributed by atoms with Gasteiger partial charge in [0.1, 0.15) is 5.58 Å². The summed E-state index contributed by atoms with van der Waals surface area (Å²) in [6.07, 6.45) is 4.73. The molecule has 0 unspecified atom stereocenters. The molecule has 2 heterocycles. The van der Waals surface area contributed by atoms with E-state index in [1.54, 1.807) is 17.8 Å². The van der Waals surface area contributed by atoms with Crippen molar-refractivity contribution in [2.45, 2.75) is 69.3 Å². The Morgan fingerprint density at radius 1 is 1.26 bits per heavy atom. The van der Waals surface area contributed by atoms with Crippen molar-refractivity contribution < 1.29 is 4.42 Å². The van der Waals surface area contributed by atoms with E-state index in [9.17, 15) is 4.79 Å². The van der Waals surface area contributed by atoms with Crippen LogP contribution in [-0.2, 0) is 5.75 Å². The highest BCUT2D eigenvalue weighted by molar-refractivity contribution is 7.98. The molecule has 0 bridgehead atoms. The fourth-order valence-corrected chi connectivity index (χ4v) is 4.87. The fraction of sp³-hybridized carbons (Fsp3) is 0.500. The first kappa shape index (κ1) is 18.2. The maximum absolute atomic E-state index is 12.1. The van der Waals surface area contributed by atoms with Crippen LogP contribution in [0.4, 0.5) is 0 Å². The third-order valence-electron chi connectivity index (χ3n) is 5.33. The maximum Gasteiger partial charge on any atom is 0.336 e. The summed E-state index contributed by atoms with van der Waals surface area (Å²) in [6.45, 7) is 6.42. The molecule has 1 aromatic carbocycles. The van der Waals surface area contributed by atoms with Gasteiger partial charge in [-0.05, 0) is 64.9 Å². The summed E-state index contributed by atoms with van der Waals surface area (Å²) in [6, 6.07) is 6.13. The number of hydrogen-bond acceptors (Lipinski definition) is 6. The Kier molecular flexibility index (Phi) is 5.04. The molecule has 3 aromatic rings. The van der Waals surface area contributed by atoms with Gasteiger partial charge in [0.2, 0.25) is 5.16 Å². The van der Waals surface area contributed by atoms with E-state index in [0.29, 0.717) is 23.3 Å². The van der Waals surface area contributed by atoms with Crippen molar-refractivity contribution in [1.82, 2.24) is 20.2 Å². The van der Waals surface area contributed by atoms with Crippen LogP contribution in [0.25, 0.3) is 11.0 Å². The molecule has 1 fully saturated rings. The zero-order chi connectivity index (χ0) is 19.0. The van der Waals surface area contributed by atoms with Gasteiger partial charge in [0.25, 0.3) is 0 Å². The second-order valence-corrected chi connectivity index (χ2v) is 8.53. The predicted molar refractivity (Wildman–Crippen MR) is 106 cm³/mol. The van der Waals surface area contributed by atoms with E-state index in [1.807, 2.05) is 10.7 Å². The van der Waals surface area contributed by atoms with Crippen molar-refractivity contribution in [3.8, 4) is 0 Å². The molecule has 142 valence electrons. The molecule has 2 aromatic heterocycles. The molecule has 0 N–H and O–H groups in total. The Morgan fingerprint density at radius 2 is 2.04 bits per heavy atom. The van der Waals surface area contributed by atoms with Crippen LogP contribution >= 0.6 is 11.8 Å². The molecule has 0 spiro atoms. The minimum atomic E-state index is -0.315. The van der Waals surface area contributed by atoms with Crippen molar-refractivity contribution >= 4 is 22.7 Å². The normalized spacial score (nSPS) is 15.3. The number of tetrazole rings is 1. The van der Waals surface area contributed by atoms with Gasteiger partial charge >= 0.3 is 5.63 Å². The zero-order valence-electron chi connectivity index (χ0n) is 15.9. The monoisotopic (exact) mass is 384 g/mol. The maximum atomic E-state index is 12.1. The molecule has 6 nitrogen and oxygen atoms in total. The molecule has 27 heavy (non-hydrogen) atoms. The van der Waals surface area contributed by atoms with Crippen molar-refractivity contribution in [2.24, 2.45) is 0 Å². The van der Waals surface area contributed by atoms with Crippen LogP contribution in [0.15, 0.2) is 32.6 Å². The Balaban J connectivity index is 1.67. The first-order chi connectivity index (χ1) is 13.0. The van der Waals surface area contributed by atoms with Crippen molar-refractivity contribution in [3.05, 3.63) is 45.3 Å². The van der Waals surface area contributed by atoms with Gasteiger partial charge in [0, 0.05) is 17.2 Å². The quantitative estimate of drug-likeness (QED) is 0.472. The predicted octanol–water partition coefficient (Wildman–Crippen LogP) is 4.62. The van der Waals surface area contributed by atoms with Crippen molar-refractivity contribution in [3.63, 3.8) is 0 Å². The van der Waals surface area contributed by atoms with Gasteiger partial charge in [-0.25, -0.2) is 9.48 Å². The van der Waals surface area contributed by atoms with E-state index < -0.39 is 0 Å². The smallest absolute Gasteiger partial charge is 0.336 e. The van der Waals surface area contributed by atoms with Crippen LogP contribution in [0.2, 0.25) is 0 Å². The van der Waals surface area contributed by atoms with Crippen LogP contribution in [-0.4, -0.2) is 20.2 Å². The molecule has 0 saturated heterocycles. The summed E-state index contributed by atoms with van der Waals surface area (Å²) in [4.78, 5) is 12.1. The SMILES string of the molecule is Cc1cc2oc(=O)cc(CSc3nnnn3C3CCCC3)c2cc1C(C)C. The molecule has 1 saturated carbocycles. The van der Waals surface area contributed by atoms with Gasteiger partial charge in [-0.15, -0.1) is 5.10 Å². The first-order valence-corrected chi connectivity index (χ1v) is 10.5. The second-order valence-electron chi connectivity index (χ2n) is 7.58. The summed E-state index contributed by atoms with van der Waals surface area (Å²) < 4.78 is 7.40. The Morgan fingerprint density at radius 3 is 2.78 bits per heavy atom. The van der Waals surface area contributed by atoms with E-state index in [0.717, 1.165) is 34.5 Å². The molecule has 4 rings (SSSR count). The Hall–Kier alpha value is -2.15. The lowest BCUT2D eigenvalue weighted by molar-refractivity contribution is 0.423. The van der Waals surface area contributed by atoms with Gasteiger partial charge in [-0.1, -0.05) is 38.5 Å². The lowest BCUT2D eigenvalue weighted by atomic mass is 9.95. The number of thioether (sulfide) groups is 1. The minimum absolute atomic E-state index is 0.315. The van der Waals surface area contributed by atoms with Crippen LogP contribution < -0.4 is 5.63 Å². The van der Waals surface area contributed by atoms with E-state index in [-0.39, 0.29) is 5.63 Å². The molecule has 0 radical (unpaired) electrons. The summed E-state index contributed by atoms with van der Waals surface area (Å²) in [5.41, 5.74) is 3.73. The Bertz CT molecular complexity index is 1020. The molecule has 0 atom stereocenters. The highest BCUT2D eigenvalue weighted by Gasteiger charge is 2.22. The number of aromatic nitrogens is 4. The molecule has 1 aliphatic rings. The Labute approximate surface area is 162 Å². The minimum Gasteiger partial charge on any atom is -0.423 e. The van der Waals surface area contributed by atoms with E-state index in [1.165, 1.54) is 18.4 Å². The summed E-state index contributed by atoms with van der Waals surface area (Å²) in [5.74, 6) is 1.05. The van der Waals surface area contributed by atoms with Crippen LogP contribution in [0.3, 0.4) is 0 Å². The average molecular weight is 385 g/mol. The highest BCUT2D eigenvalue weighted by atomic mass is 32.2. The number of hydrogen-bond donors (Lipinski definition) is 0. The van der Waals surface area contributed by atoms with Gasteiger partial charge in [-0.2, -0.15) is 0 Å². The number of aryl methyl sites for hydroxylation is 1. The average Bonchev–Trinajstić information content (AvgIpc) is 3.29. The van der Waals surface area contributed by atoms with Crippen LogP contribution in [0.1, 0.15) is 68.2 Å². The van der Waals surface area contributed by atoms with Crippen molar-refractivity contribution in [2.75, 3.05) is 0 Å². The molecule has 0 aliphatic heterocycles. The molecular weight excluding hydrogens is 360 g/mol. The molecule has 0 amide bonds. The number of benzene rings is 1. The lowest BCUT2D eigenvalue weighted by Crippen LogP contribution is -2.08. The highest BCUT2D eigenvalue weighted by Crippen LogP contribution is 2.33. The topological polar surface area (TPSA) is 73.8 Å². The van der Waals surface area contributed by atoms with E-state index in [4.69, 9.17) is 4.42 Å². The van der Waals surface area contributed by atoms with Crippen LogP contribution in [0, 0.1) is 6.92 Å². The number of nitrogens with zero attached hydrogens (tertiary/aromatic N) is 4. The number of rotatable bonds is 5. The summed E-state index contributed by atoms with van der Waals surface area (Å²) >= 11 is 1.58. The van der Waals surface area contributed by atoms with Crippen LogP contribution in [0.5, 0.6) is 0 Å². The molecular formula is C20H24N4O2S. The van der Waals surface area contributed by atoms with E-state index >= 15 is 0 Å². The summed E-state index contributed by atoms with van der Waals surface area (Å²) in [5, 5.41) is 14.1. The second kappa shape index (κ2) is 7.46. The lowest BCUT2D eigenvalue weighted by Gasteiger charge is -2.13. The van der Waals surface area contributed by atoms with Gasteiger partial charge in [-0.3, -0.25) is 0 Å². The molecule has 1 aliphatic carbocycles. The largest absolute Gasteiger partial charge is 0.423 e. The zero-order valence-corrected chi connectivity index (χ0v) is 16.8. The van der Waals surface area contributed by atoms with E-state index in [2.05, 4.69) is 42.4 Å². The van der Waals surface area contributed by atoms with Gasteiger partial charge in [0.05, 0.1) is 6.04 Å². The number of fused-ring (bicyclic) bond motifs is 1. The third kappa shape index (κ3) is 3.65. The third-order valence-corrected chi connectivity index (χ3v) is 6.31. The molecule has 7 heteroatoms. The first-order valence-electron chi connectivity index (χ1n) is 9.51. The fourth-order valence-electron chi connectivity index (χ4n) is 3.93.